The van der Waals surface area contributed by atoms with Crippen LogP contribution in [0.3, 0.4) is 0 Å². The highest BCUT2D eigenvalue weighted by Crippen LogP contribution is 1.42. The number of rotatable bonds is 0. The highest BCUT2D eigenvalue weighted by Gasteiger charge is 1.70. The SMILES string of the molecule is C[N+](=O)[O-].O=C(O)O. The van der Waals surface area contributed by atoms with E-state index in [1.165, 1.54) is 0 Å². The Labute approximate surface area is 44.5 Å². The summed E-state index contributed by atoms with van der Waals surface area (Å²) in [6.07, 6.45) is -1.83. The first kappa shape index (κ1) is 9.83. The fourth-order valence-electron chi connectivity index (χ4n) is 0. The van der Waals surface area contributed by atoms with Gasteiger partial charge in [-0.15, -0.1) is 0 Å². The van der Waals surface area contributed by atoms with Gasteiger partial charge in [-0.05, 0) is 0 Å². The minimum absolute atomic E-state index is 0.500. The van der Waals surface area contributed by atoms with Crippen LogP contribution in [0.1, 0.15) is 0 Å². The van der Waals surface area contributed by atoms with Crippen molar-refractivity contribution in [3.8, 4) is 0 Å². The molecular weight excluding hydrogens is 118 g/mol. The van der Waals surface area contributed by atoms with E-state index in [2.05, 4.69) is 0 Å². The Morgan fingerprint density at radius 2 is 1.62 bits per heavy atom. The average Bonchev–Trinajstić information content (AvgIpc) is 1.25. The second-order valence-electron chi connectivity index (χ2n) is 0.722. The molecule has 6 nitrogen and oxygen atoms in total. The molecule has 48 valence electrons. The van der Waals surface area contributed by atoms with Crippen LogP contribution in [-0.4, -0.2) is 28.3 Å². The molecule has 2 N–H and O–H groups in total. The molecule has 0 amide bonds. The lowest BCUT2D eigenvalue weighted by Crippen LogP contribution is -1.81. The van der Waals surface area contributed by atoms with Crippen LogP contribution >= 0.6 is 0 Å². The van der Waals surface area contributed by atoms with E-state index in [1.807, 2.05) is 0 Å². The lowest BCUT2D eigenvalue weighted by atomic mass is 11.5. The van der Waals surface area contributed by atoms with Crippen molar-refractivity contribution in [3.63, 3.8) is 0 Å². The number of carboxylic acid groups (broad SMARTS) is 2. The van der Waals surface area contributed by atoms with Crippen LogP contribution in [0.15, 0.2) is 0 Å². The third kappa shape index (κ3) is 35.6. The topological polar surface area (TPSA) is 101 Å². The van der Waals surface area contributed by atoms with Gasteiger partial charge < -0.3 is 10.2 Å². The first-order valence-electron chi connectivity index (χ1n) is 1.46. The van der Waals surface area contributed by atoms with E-state index in [9.17, 15) is 0 Å². The molecular formula is C2H5NO5. The summed E-state index contributed by atoms with van der Waals surface area (Å²) in [6, 6.07) is 0. The lowest BCUT2D eigenvalue weighted by Gasteiger charge is -1.63. The van der Waals surface area contributed by atoms with Gasteiger partial charge in [0.05, 0.1) is 0 Å². The van der Waals surface area contributed by atoms with E-state index < -0.39 is 11.1 Å². The Balaban J connectivity index is 0. The van der Waals surface area contributed by atoms with Gasteiger partial charge in [-0.2, -0.15) is 0 Å². The van der Waals surface area contributed by atoms with Crippen molar-refractivity contribution in [1.29, 1.82) is 0 Å². The molecule has 0 aromatic heterocycles. The van der Waals surface area contributed by atoms with Crippen molar-refractivity contribution in [2.45, 2.75) is 0 Å². The van der Waals surface area contributed by atoms with Crippen molar-refractivity contribution < 1.29 is 19.9 Å². The number of hydrogen-bond donors (Lipinski definition) is 2. The summed E-state index contributed by atoms with van der Waals surface area (Å²) >= 11 is 0. The normalized spacial score (nSPS) is 6.12. The third-order valence-electron chi connectivity index (χ3n) is 0. The molecule has 0 rings (SSSR count). The van der Waals surface area contributed by atoms with Gasteiger partial charge >= 0.3 is 6.16 Å². The molecule has 0 atom stereocenters. The fourth-order valence-corrected chi connectivity index (χ4v) is 0. The van der Waals surface area contributed by atoms with Crippen LogP contribution in [0.5, 0.6) is 0 Å². The Morgan fingerprint density at radius 3 is 1.62 bits per heavy atom. The minimum Gasteiger partial charge on any atom is -0.450 e. The van der Waals surface area contributed by atoms with Gasteiger partial charge in [-0.25, -0.2) is 4.79 Å². The molecule has 0 bridgehead atoms. The molecule has 8 heavy (non-hydrogen) atoms. The van der Waals surface area contributed by atoms with Crippen LogP contribution in [-0.2, 0) is 0 Å². The summed E-state index contributed by atoms with van der Waals surface area (Å²) in [7, 11) is 0.889. The van der Waals surface area contributed by atoms with Crippen molar-refractivity contribution in [2.75, 3.05) is 7.05 Å². The zero-order valence-corrected chi connectivity index (χ0v) is 4.07. The highest BCUT2D eigenvalue weighted by molar-refractivity contribution is 5.53. The molecule has 0 aromatic rings. The maximum absolute atomic E-state index is 8.81. The Hall–Kier alpha value is -1.33. The zero-order chi connectivity index (χ0) is 7.15. The predicted molar refractivity (Wildman–Crippen MR) is 23.6 cm³/mol. The smallest absolute Gasteiger partial charge is 0.450 e. The summed E-state index contributed by atoms with van der Waals surface area (Å²) in [5, 5.41) is 22.8. The molecule has 0 heterocycles. The lowest BCUT2D eigenvalue weighted by molar-refractivity contribution is -0.445. The summed E-state index contributed by atoms with van der Waals surface area (Å²) in [5.74, 6) is 0. The first-order chi connectivity index (χ1) is 3.46. The van der Waals surface area contributed by atoms with Gasteiger partial charge in [-0.1, -0.05) is 0 Å². The number of nitro groups is 1. The second kappa shape index (κ2) is 5.67. The monoisotopic (exact) mass is 123 g/mol. The molecule has 0 unspecified atom stereocenters. The molecule has 0 aliphatic heterocycles. The van der Waals surface area contributed by atoms with E-state index in [-0.39, 0.29) is 0 Å². The van der Waals surface area contributed by atoms with Crippen LogP contribution in [0.4, 0.5) is 4.79 Å². The van der Waals surface area contributed by atoms with E-state index in [1.54, 1.807) is 0 Å². The number of carbonyl (C=O) groups is 1. The standard InChI is InChI=1S/CH3NO2.CH2O3/c1-2(3)4;2-1(3)4/h1H3;(H2,2,3,4). The van der Waals surface area contributed by atoms with Crippen LogP contribution in [0.25, 0.3) is 0 Å². The molecule has 0 fully saturated rings. The van der Waals surface area contributed by atoms with Gasteiger partial charge in [0.2, 0.25) is 0 Å². The number of nitrogens with zero attached hydrogens (tertiary/aromatic N) is 1. The molecule has 0 saturated heterocycles. The molecule has 0 spiro atoms. The summed E-state index contributed by atoms with van der Waals surface area (Å²) in [5.41, 5.74) is 0. The predicted octanol–water partition coefficient (Wildman–Crippen LogP) is 0.115. The molecule has 6 heteroatoms. The Morgan fingerprint density at radius 1 is 1.62 bits per heavy atom. The minimum atomic E-state index is -1.83. The largest absolute Gasteiger partial charge is 0.503 e. The van der Waals surface area contributed by atoms with Gasteiger partial charge in [-0.3, -0.25) is 10.1 Å². The van der Waals surface area contributed by atoms with Crippen molar-refractivity contribution in [3.05, 3.63) is 10.1 Å². The highest BCUT2D eigenvalue weighted by atomic mass is 16.6. The maximum atomic E-state index is 8.81. The molecule has 0 aliphatic carbocycles. The van der Waals surface area contributed by atoms with E-state index in [0.29, 0.717) is 0 Å². The average molecular weight is 123 g/mol. The van der Waals surface area contributed by atoms with Gasteiger partial charge in [0.25, 0.3) is 0 Å². The third-order valence-corrected chi connectivity index (χ3v) is 0. The van der Waals surface area contributed by atoms with Gasteiger partial charge in [0.1, 0.15) is 0 Å². The Bertz CT molecular complexity index is 68.4. The van der Waals surface area contributed by atoms with Crippen LogP contribution < -0.4 is 0 Å². The van der Waals surface area contributed by atoms with Crippen molar-refractivity contribution in [1.82, 2.24) is 0 Å². The van der Waals surface area contributed by atoms with Crippen molar-refractivity contribution in [2.24, 2.45) is 0 Å². The summed E-state index contributed by atoms with van der Waals surface area (Å²) in [6.45, 7) is 0. The van der Waals surface area contributed by atoms with E-state index in [0.717, 1.165) is 7.05 Å². The first-order valence-corrected chi connectivity index (χ1v) is 1.46. The van der Waals surface area contributed by atoms with E-state index >= 15 is 0 Å². The summed E-state index contributed by atoms with van der Waals surface area (Å²) in [4.78, 5) is 16.9. The molecule has 0 aromatic carbocycles. The molecule has 0 radical (unpaired) electrons. The molecule has 0 aliphatic rings. The van der Waals surface area contributed by atoms with Gasteiger partial charge in [0, 0.05) is 4.92 Å². The molecule has 0 saturated carbocycles. The second-order valence-corrected chi connectivity index (χ2v) is 0.722. The number of hydrogen-bond acceptors (Lipinski definition) is 3. The summed E-state index contributed by atoms with van der Waals surface area (Å²) < 4.78 is 0. The zero-order valence-electron chi connectivity index (χ0n) is 4.07. The van der Waals surface area contributed by atoms with Gasteiger partial charge in [0.15, 0.2) is 7.05 Å². The maximum Gasteiger partial charge on any atom is 0.503 e. The fraction of sp³-hybridized carbons (Fsp3) is 0.500. The van der Waals surface area contributed by atoms with Crippen molar-refractivity contribution >= 4 is 6.16 Å². The van der Waals surface area contributed by atoms with E-state index in [4.69, 9.17) is 25.1 Å². The quantitative estimate of drug-likeness (QED) is 0.351. The van der Waals surface area contributed by atoms with Crippen LogP contribution in [0, 0.1) is 10.1 Å². The van der Waals surface area contributed by atoms with Crippen LogP contribution in [0.2, 0.25) is 0 Å². The Kier molecular flexibility index (Phi) is 6.97.